The maximum atomic E-state index is 11.8. The first kappa shape index (κ1) is 14.0. The van der Waals surface area contributed by atoms with Gasteiger partial charge >= 0.3 is 0 Å². The van der Waals surface area contributed by atoms with Crippen molar-refractivity contribution >= 4 is 21.6 Å². The topological polar surface area (TPSA) is 92.5 Å². The Hall–Kier alpha value is -1.44. The Labute approximate surface area is 112 Å². The van der Waals surface area contributed by atoms with Gasteiger partial charge in [-0.05, 0) is 30.7 Å². The lowest BCUT2D eigenvalue weighted by atomic mass is 10.3. The Morgan fingerprint density at radius 3 is 2.47 bits per heavy atom. The van der Waals surface area contributed by atoms with Crippen molar-refractivity contribution in [2.45, 2.75) is 17.7 Å². The lowest BCUT2D eigenvalue weighted by Gasteiger charge is -2.16. The van der Waals surface area contributed by atoms with E-state index in [0.717, 1.165) is 12.1 Å². The first-order valence-corrected chi connectivity index (χ1v) is 7.63. The Kier molecular flexibility index (Phi) is 4.18. The number of carbonyl (C=O) groups excluding carboxylic acids is 1. The molecule has 1 aliphatic rings. The minimum Gasteiger partial charge on any atom is -0.329 e. The van der Waals surface area contributed by atoms with Crippen molar-refractivity contribution in [3.8, 4) is 0 Å². The van der Waals surface area contributed by atoms with Crippen molar-refractivity contribution in [1.29, 1.82) is 0 Å². The molecule has 0 atom stereocenters. The predicted octanol–water partition coefficient (Wildman–Crippen LogP) is 0.0504. The van der Waals surface area contributed by atoms with Gasteiger partial charge in [-0.15, -0.1) is 0 Å². The van der Waals surface area contributed by atoms with Gasteiger partial charge in [0.05, 0.1) is 4.90 Å². The SMILES string of the molecule is NCCNS(=O)(=O)c1ccc(N2CCCC2=O)cc1. The van der Waals surface area contributed by atoms with Gasteiger partial charge in [0.25, 0.3) is 0 Å². The Balaban J connectivity index is 2.16. The Bertz CT molecular complexity index is 554. The molecule has 1 heterocycles. The van der Waals surface area contributed by atoms with E-state index in [9.17, 15) is 13.2 Å². The number of hydrogen-bond acceptors (Lipinski definition) is 4. The Morgan fingerprint density at radius 2 is 1.95 bits per heavy atom. The van der Waals surface area contributed by atoms with Crippen LogP contribution in [-0.2, 0) is 14.8 Å². The van der Waals surface area contributed by atoms with Crippen LogP contribution in [-0.4, -0.2) is 34.0 Å². The summed E-state index contributed by atoms with van der Waals surface area (Å²) in [4.78, 5) is 13.4. The van der Waals surface area contributed by atoms with E-state index in [4.69, 9.17) is 5.73 Å². The number of benzene rings is 1. The summed E-state index contributed by atoms with van der Waals surface area (Å²) in [6.07, 6.45) is 1.40. The van der Waals surface area contributed by atoms with E-state index >= 15 is 0 Å². The number of nitrogens with zero attached hydrogens (tertiary/aromatic N) is 1. The van der Waals surface area contributed by atoms with Crippen LogP contribution >= 0.6 is 0 Å². The highest BCUT2D eigenvalue weighted by Gasteiger charge is 2.22. The summed E-state index contributed by atoms with van der Waals surface area (Å²) in [6.45, 7) is 1.14. The number of rotatable bonds is 5. The molecule has 0 aliphatic carbocycles. The average Bonchev–Trinajstić information content (AvgIpc) is 2.83. The standard InChI is InChI=1S/C12H17N3O3S/c13-7-8-14-19(17,18)11-5-3-10(4-6-11)15-9-1-2-12(15)16/h3-6,14H,1-2,7-9,13H2. The molecular formula is C12H17N3O3S. The third kappa shape index (κ3) is 3.12. The van der Waals surface area contributed by atoms with Crippen LogP contribution in [0.4, 0.5) is 5.69 Å². The van der Waals surface area contributed by atoms with Gasteiger partial charge in [0.2, 0.25) is 15.9 Å². The molecule has 2 rings (SSSR count). The van der Waals surface area contributed by atoms with E-state index < -0.39 is 10.0 Å². The molecule has 3 N–H and O–H groups in total. The first-order valence-electron chi connectivity index (χ1n) is 6.15. The maximum Gasteiger partial charge on any atom is 0.240 e. The molecule has 1 aromatic carbocycles. The molecular weight excluding hydrogens is 266 g/mol. The molecule has 1 aliphatic heterocycles. The van der Waals surface area contributed by atoms with Crippen molar-refractivity contribution in [2.75, 3.05) is 24.5 Å². The zero-order valence-corrected chi connectivity index (χ0v) is 11.3. The van der Waals surface area contributed by atoms with Gasteiger partial charge < -0.3 is 10.6 Å². The van der Waals surface area contributed by atoms with Gasteiger partial charge in [0.1, 0.15) is 0 Å². The van der Waals surface area contributed by atoms with Crippen LogP contribution in [0.2, 0.25) is 0 Å². The summed E-state index contributed by atoms with van der Waals surface area (Å²) < 4.78 is 26.1. The van der Waals surface area contributed by atoms with E-state index in [1.165, 1.54) is 12.1 Å². The molecule has 0 bridgehead atoms. The highest BCUT2D eigenvalue weighted by atomic mass is 32.2. The van der Waals surface area contributed by atoms with E-state index in [-0.39, 0.29) is 23.9 Å². The number of hydrogen-bond donors (Lipinski definition) is 2. The van der Waals surface area contributed by atoms with Gasteiger partial charge in [-0.3, -0.25) is 4.79 Å². The van der Waals surface area contributed by atoms with Crippen LogP contribution in [0.25, 0.3) is 0 Å². The average molecular weight is 283 g/mol. The number of sulfonamides is 1. The second kappa shape index (κ2) is 5.68. The van der Waals surface area contributed by atoms with Crippen molar-refractivity contribution in [3.05, 3.63) is 24.3 Å². The second-order valence-corrected chi connectivity index (χ2v) is 6.10. The van der Waals surface area contributed by atoms with Crippen LogP contribution in [0.3, 0.4) is 0 Å². The number of nitrogens with two attached hydrogens (primary N) is 1. The molecule has 7 heteroatoms. The predicted molar refractivity (Wildman–Crippen MR) is 72.3 cm³/mol. The summed E-state index contributed by atoms with van der Waals surface area (Å²) in [5.74, 6) is 0.0804. The molecule has 0 saturated carbocycles. The van der Waals surface area contributed by atoms with Gasteiger partial charge in [-0.1, -0.05) is 0 Å². The molecule has 19 heavy (non-hydrogen) atoms. The van der Waals surface area contributed by atoms with Crippen LogP contribution in [0.1, 0.15) is 12.8 Å². The molecule has 0 aromatic heterocycles. The zero-order chi connectivity index (χ0) is 13.9. The van der Waals surface area contributed by atoms with Crippen LogP contribution in [0.5, 0.6) is 0 Å². The van der Waals surface area contributed by atoms with Crippen LogP contribution in [0.15, 0.2) is 29.2 Å². The van der Waals surface area contributed by atoms with Crippen molar-refractivity contribution in [3.63, 3.8) is 0 Å². The maximum absolute atomic E-state index is 11.8. The van der Waals surface area contributed by atoms with Crippen molar-refractivity contribution in [1.82, 2.24) is 4.72 Å². The molecule has 1 amide bonds. The molecule has 1 aromatic rings. The molecule has 1 saturated heterocycles. The number of anilines is 1. The van der Waals surface area contributed by atoms with Crippen LogP contribution in [0, 0.1) is 0 Å². The van der Waals surface area contributed by atoms with E-state index in [0.29, 0.717) is 13.0 Å². The summed E-state index contributed by atoms with van der Waals surface area (Å²) >= 11 is 0. The smallest absolute Gasteiger partial charge is 0.240 e. The fraction of sp³-hybridized carbons (Fsp3) is 0.417. The lowest BCUT2D eigenvalue weighted by molar-refractivity contribution is -0.117. The molecule has 6 nitrogen and oxygen atoms in total. The van der Waals surface area contributed by atoms with E-state index in [1.807, 2.05) is 0 Å². The lowest BCUT2D eigenvalue weighted by Crippen LogP contribution is -2.29. The minimum atomic E-state index is -3.51. The molecule has 0 spiro atoms. The highest BCUT2D eigenvalue weighted by Crippen LogP contribution is 2.22. The minimum absolute atomic E-state index is 0.0804. The molecule has 1 fully saturated rings. The van der Waals surface area contributed by atoms with E-state index in [2.05, 4.69) is 4.72 Å². The molecule has 0 unspecified atom stereocenters. The van der Waals surface area contributed by atoms with Gasteiger partial charge in [-0.2, -0.15) is 0 Å². The van der Waals surface area contributed by atoms with Crippen molar-refractivity contribution in [2.24, 2.45) is 5.73 Å². The summed E-state index contributed by atoms with van der Waals surface area (Å²) in [6, 6.07) is 6.31. The Morgan fingerprint density at radius 1 is 1.26 bits per heavy atom. The highest BCUT2D eigenvalue weighted by molar-refractivity contribution is 7.89. The number of nitrogens with one attached hydrogen (secondary N) is 1. The second-order valence-electron chi connectivity index (χ2n) is 4.33. The van der Waals surface area contributed by atoms with Crippen molar-refractivity contribution < 1.29 is 13.2 Å². The fourth-order valence-electron chi connectivity index (χ4n) is 2.00. The quantitative estimate of drug-likeness (QED) is 0.798. The zero-order valence-electron chi connectivity index (χ0n) is 10.5. The number of amides is 1. The third-order valence-corrected chi connectivity index (χ3v) is 4.45. The number of carbonyl (C=O) groups is 1. The van der Waals surface area contributed by atoms with Gasteiger partial charge in [-0.25, -0.2) is 13.1 Å². The normalized spacial score (nSPS) is 16.1. The summed E-state index contributed by atoms with van der Waals surface area (Å²) in [5.41, 5.74) is 6.00. The monoisotopic (exact) mass is 283 g/mol. The first-order chi connectivity index (χ1) is 9.04. The molecule has 0 radical (unpaired) electrons. The van der Waals surface area contributed by atoms with Gasteiger partial charge in [0, 0.05) is 31.7 Å². The van der Waals surface area contributed by atoms with Crippen LogP contribution < -0.4 is 15.4 Å². The molecule has 104 valence electrons. The largest absolute Gasteiger partial charge is 0.329 e. The van der Waals surface area contributed by atoms with Gasteiger partial charge in [0.15, 0.2) is 0 Å². The van der Waals surface area contributed by atoms with E-state index in [1.54, 1.807) is 17.0 Å². The third-order valence-electron chi connectivity index (χ3n) is 2.97. The summed E-state index contributed by atoms with van der Waals surface area (Å²) in [7, 11) is -3.51. The fourth-order valence-corrected chi connectivity index (χ4v) is 3.05. The summed E-state index contributed by atoms with van der Waals surface area (Å²) in [5, 5.41) is 0.